The Bertz CT molecular complexity index is 322. The zero-order chi connectivity index (χ0) is 13.4. The number of rotatable bonds is 8. The average Bonchev–Trinajstić information content (AvgIpc) is 2.41. The molecule has 4 heteroatoms. The van der Waals surface area contributed by atoms with Gasteiger partial charge in [-0.2, -0.15) is 0 Å². The summed E-state index contributed by atoms with van der Waals surface area (Å²) in [6, 6.07) is 8.09. The third kappa shape index (κ3) is 4.94. The van der Waals surface area contributed by atoms with E-state index in [4.69, 9.17) is 17.3 Å². The molecule has 0 aliphatic carbocycles. The number of hydrogen-bond acceptors (Lipinski definition) is 3. The quantitative estimate of drug-likeness (QED) is 0.761. The highest BCUT2D eigenvalue weighted by molar-refractivity contribution is 6.30. The van der Waals surface area contributed by atoms with E-state index in [1.165, 1.54) is 5.56 Å². The van der Waals surface area contributed by atoms with E-state index in [-0.39, 0.29) is 6.04 Å². The zero-order valence-electron chi connectivity index (χ0n) is 11.3. The first-order valence-corrected chi connectivity index (χ1v) is 7.00. The van der Waals surface area contributed by atoms with Crippen LogP contribution < -0.4 is 11.1 Å². The Labute approximate surface area is 115 Å². The van der Waals surface area contributed by atoms with Gasteiger partial charge >= 0.3 is 0 Å². The molecule has 1 aromatic rings. The molecule has 0 amide bonds. The van der Waals surface area contributed by atoms with Gasteiger partial charge in [0.1, 0.15) is 0 Å². The first kappa shape index (κ1) is 15.4. The molecule has 0 fully saturated rings. The molecule has 1 atom stereocenters. The number of nitrogens with two attached hydrogens (primary N) is 1. The number of likely N-dealkylation sites (N-methyl/N-ethyl adjacent to an activating group) is 1. The Morgan fingerprint density at radius 3 is 2.33 bits per heavy atom. The zero-order valence-corrected chi connectivity index (χ0v) is 12.1. The molecule has 0 aromatic heterocycles. The van der Waals surface area contributed by atoms with Crippen LogP contribution in [0.15, 0.2) is 24.3 Å². The van der Waals surface area contributed by atoms with E-state index in [0.29, 0.717) is 6.54 Å². The van der Waals surface area contributed by atoms with Gasteiger partial charge in [0.05, 0.1) is 0 Å². The maximum absolute atomic E-state index is 5.88. The number of benzene rings is 1. The van der Waals surface area contributed by atoms with Crippen LogP contribution in [0.5, 0.6) is 0 Å². The maximum atomic E-state index is 5.88. The molecule has 0 saturated carbocycles. The summed E-state index contributed by atoms with van der Waals surface area (Å²) in [5, 5.41) is 4.26. The highest BCUT2D eigenvalue weighted by Crippen LogP contribution is 2.15. The molecule has 1 aromatic carbocycles. The summed E-state index contributed by atoms with van der Waals surface area (Å²) in [7, 11) is 0. The van der Waals surface area contributed by atoms with Gasteiger partial charge in [-0.1, -0.05) is 37.6 Å². The third-order valence-electron chi connectivity index (χ3n) is 3.22. The summed E-state index contributed by atoms with van der Waals surface area (Å²) in [6.07, 6.45) is 0. The van der Waals surface area contributed by atoms with Crippen LogP contribution in [0.2, 0.25) is 5.02 Å². The van der Waals surface area contributed by atoms with Gasteiger partial charge in [0.15, 0.2) is 0 Å². The first-order valence-electron chi connectivity index (χ1n) is 6.62. The monoisotopic (exact) mass is 269 g/mol. The Hall–Kier alpha value is -0.610. The molecule has 0 heterocycles. The van der Waals surface area contributed by atoms with Crippen LogP contribution in [-0.2, 0) is 0 Å². The van der Waals surface area contributed by atoms with Crippen LogP contribution in [0.25, 0.3) is 0 Å². The van der Waals surface area contributed by atoms with Gasteiger partial charge < -0.3 is 16.0 Å². The number of halogens is 1. The molecule has 0 aliphatic heterocycles. The van der Waals surface area contributed by atoms with Crippen molar-refractivity contribution < 1.29 is 0 Å². The standard InChI is InChI=1S/C14H24ClN3/c1-3-18(4-2)10-9-17-14(11-16)12-5-7-13(15)8-6-12/h5-8,14,17H,3-4,9-11,16H2,1-2H3. The molecule has 0 radical (unpaired) electrons. The van der Waals surface area contributed by atoms with Crippen LogP contribution in [0, 0.1) is 0 Å². The van der Waals surface area contributed by atoms with E-state index in [1.54, 1.807) is 0 Å². The van der Waals surface area contributed by atoms with E-state index < -0.39 is 0 Å². The average molecular weight is 270 g/mol. The van der Waals surface area contributed by atoms with Crippen molar-refractivity contribution in [3.63, 3.8) is 0 Å². The van der Waals surface area contributed by atoms with Gasteiger partial charge in [-0.3, -0.25) is 0 Å². The highest BCUT2D eigenvalue weighted by atomic mass is 35.5. The van der Waals surface area contributed by atoms with Crippen LogP contribution in [0.1, 0.15) is 25.5 Å². The minimum absolute atomic E-state index is 0.206. The summed E-state index contributed by atoms with van der Waals surface area (Å²) in [5.74, 6) is 0. The minimum Gasteiger partial charge on any atom is -0.329 e. The summed E-state index contributed by atoms with van der Waals surface area (Å²) in [6.45, 7) is 9.15. The lowest BCUT2D eigenvalue weighted by molar-refractivity contribution is 0.297. The second kappa shape index (κ2) is 8.48. The Kier molecular flexibility index (Phi) is 7.28. The van der Waals surface area contributed by atoms with Crippen molar-refractivity contribution in [2.75, 3.05) is 32.7 Å². The van der Waals surface area contributed by atoms with Crippen LogP contribution in [0.3, 0.4) is 0 Å². The Morgan fingerprint density at radius 1 is 1.22 bits per heavy atom. The second-order valence-corrected chi connectivity index (χ2v) is 4.76. The van der Waals surface area contributed by atoms with Crippen molar-refractivity contribution in [2.24, 2.45) is 5.73 Å². The Balaban J connectivity index is 2.44. The molecule has 0 bridgehead atoms. The molecule has 3 nitrogen and oxygen atoms in total. The molecule has 1 rings (SSSR count). The van der Waals surface area contributed by atoms with Crippen molar-refractivity contribution >= 4 is 11.6 Å². The Morgan fingerprint density at radius 2 is 1.83 bits per heavy atom. The molecule has 0 aliphatic rings. The molecule has 1 unspecified atom stereocenters. The van der Waals surface area contributed by atoms with Gasteiger partial charge in [0.25, 0.3) is 0 Å². The smallest absolute Gasteiger partial charge is 0.0444 e. The molecular formula is C14H24ClN3. The lowest BCUT2D eigenvalue weighted by Crippen LogP contribution is -2.36. The summed E-state index contributed by atoms with van der Waals surface area (Å²) < 4.78 is 0. The van der Waals surface area contributed by atoms with Gasteiger partial charge in [0.2, 0.25) is 0 Å². The molecular weight excluding hydrogens is 246 g/mol. The summed E-state index contributed by atoms with van der Waals surface area (Å²) >= 11 is 5.88. The number of nitrogens with one attached hydrogen (secondary N) is 1. The molecule has 18 heavy (non-hydrogen) atoms. The lowest BCUT2D eigenvalue weighted by atomic mass is 10.1. The topological polar surface area (TPSA) is 41.3 Å². The first-order chi connectivity index (χ1) is 8.71. The van der Waals surface area contributed by atoms with Crippen molar-refractivity contribution in [2.45, 2.75) is 19.9 Å². The van der Waals surface area contributed by atoms with Crippen molar-refractivity contribution in [3.05, 3.63) is 34.9 Å². The summed E-state index contributed by atoms with van der Waals surface area (Å²) in [5.41, 5.74) is 7.01. The van der Waals surface area contributed by atoms with E-state index in [1.807, 2.05) is 24.3 Å². The van der Waals surface area contributed by atoms with Crippen LogP contribution in [0.4, 0.5) is 0 Å². The van der Waals surface area contributed by atoms with Crippen LogP contribution in [-0.4, -0.2) is 37.6 Å². The van der Waals surface area contributed by atoms with E-state index in [2.05, 4.69) is 24.1 Å². The van der Waals surface area contributed by atoms with Gasteiger partial charge in [-0.15, -0.1) is 0 Å². The number of nitrogens with zero attached hydrogens (tertiary/aromatic N) is 1. The molecule has 102 valence electrons. The molecule has 0 spiro atoms. The molecule has 0 saturated heterocycles. The van der Waals surface area contributed by atoms with Crippen molar-refractivity contribution in [1.29, 1.82) is 0 Å². The minimum atomic E-state index is 0.206. The SMILES string of the molecule is CCN(CC)CCNC(CN)c1ccc(Cl)cc1. The van der Waals surface area contributed by atoms with Gasteiger partial charge in [0, 0.05) is 30.7 Å². The fraction of sp³-hybridized carbons (Fsp3) is 0.571. The molecule has 3 N–H and O–H groups in total. The van der Waals surface area contributed by atoms with Crippen LogP contribution >= 0.6 is 11.6 Å². The normalized spacial score (nSPS) is 12.9. The van der Waals surface area contributed by atoms with E-state index >= 15 is 0 Å². The predicted molar refractivity (Wildman–Crippen MR) is 79.0 cm³/mol. The third-order valence-corrected chi connectivity index (χ3v) is 3.47. The summed E-state index contributed by atoms with van der Waals surface area (Å²) in [4.78, 5) is 2.39. The van der Waals surface area contributed by atoms with E-state index in [0.717, 1.165) is 31.2 Å². The maximum Gasteiger partial charge on any atom is 0.0444 e. The van der Waals surface area contributed by atoms with Gasteiger partial charge in [-0.05, 0) is 30.8 Å². The van der Waals surface area contributed by atoms with E-state index in [9.17, 15) is 0 Å². The second-order valence-electron chi connectivity index (χ2n) is 4.32. The van der Waals surface area contributed by atoms with Crippen molar-refractivity contribution in [3.8, 4) is 0 Å². The fourth-order valence-corrected chi connectivity index (χ4v) is 2.10. The van der Waals surface area contributed by atoms with Gasteiger partial charge in [-0.25, -0.2) is 0 Å². The van der Waals surface area contributed by atoms with Crippen molar-refractivity contribution in [1.82, 2.24) is 10.2 Å². The fourth-order valence-electron chi connectivity index (χ4n) is 1.97. The number of hydrogen-bond donors (Lipinski definition) is 2. The lowest BCUT2D eigenvalue weighted by Gasteiger charge is -2.22. The highest BCUT2D eigenvalue weighted by Gasteiger charge is 2.09. The predicted octanol–water partition coefficient (Wildman–Crippen LogP) is 2.27. The largest absolute Gasteiger partial charge is 0.329 e.